The van der Waals surface area contributed by atoms with Gasteiger partial charge in [-0.15, -0.1) is 0 Å². The van der Waals surface area contributed by atoms with Crippen LogP contribution in [-0.4, -0.2) is 47.6 Å². The average molecular weight is 417 g/mol. The Morgan fingerprint density at radius 2 is 1.90 bits per heavy atom. The van der Waals surface area contributed by atoms with Gasteiger partial charge in [0.15, 0.2) is 0 Å². The number of amides is 1. The fraction of sp³-hybridized carbons (Fsp3) is 0.375. The molecule has 1 amide bonds. The number of ether oxygens (including phenoxy) is 1. The zero-order valence-electron chi connectivity index (χ0n) is 17.8. The highest BCUT2D eigenvalue weighted by atomic mass is 16.5. The van der Waals surface area contributed by atoms with E-state index in [2.05, 4.69) is 4.98 Å². The predicted octanol–water partition coefficient (Wildman–Crippen LogP) is 2.80. The van der Waals surface area contributed by atoms with Gasteiger partial charge >= 0.3 is 0 Å². The number of hydrogen-bond donors (Lipinski definition) is 0. The minimum atomic E-state index is -0.852. The summed E-state index contributed by atoms with van der Waals surface area (Å²) in [5.74, 6) is -0.648. The SMILES string of the molecule is COc1cc(-c2ccc(C#N)cn2)cc(C)c1C1C(=O)CC2(CC1=O)CN(C(C)=O)C2. The molecule has 0 radical (unpaired) electrons. The van der Waals surface area contributed by atoms with Gasteiger partial charge in [0.2, 0.25) is 5.91 Å². The molecule has 1 aliphatic heterocycles. The minimum absolute atomic E-state index is 0.0304. The van der Waals surface area contributed by atoms with Crippen LogP contribution < -0.4 is 4.74 Å². The van der Waals surface area contributed by atoms with Crippen molar-refractivity contribution >= 4 is 17.5 Å². The Morgan fingerprint density at radius 3 is 2.42 bits per heavy atom. The van der Waals surface area contributed by atoms with E-state index in [0.717, 1.165) is 11.1 Å². The van der Waals surface area contributed by atoms with E-state index in [4.69, 9.17) is 10.00 Å². The highest BCUT2D eigenvalue weighted by molar-refractivity contribution is 6.11. The highest BCUT2D eigenvalue weighted by Gasteiger charge is 2.53. The fourth-order valence-corrected chi connectivity index (χ4v) is 4.80. The zero-order valence-corrected chi connectivity index (χ0v) is 17.8. The lowest BCUT2D eigenvalue weighted by Crippen LogP contribution is -2.61. The quantitative estimate of drug-likeness (QED) is 0.712. The number of aryl methyl sites for hydroxylation is 1. The molecule has 1 saturated heterocycles. The van der Waals surface area contributed by atoms with Crippen LogP contribution in [0.2, 0.25) is 0 Å². The number of likely N-dealkylation sites (tertiary alicyclic amines) is 1. The second-order valence-electron chi connectivity index (χ2n) is 8.55. The van der Waals surface area contributed by atoms with E-state index < -0.39 is 11.3 Å². The van der Waals surface area contributed by atoms with Gasteiger partial charge in [0.1, 0.15) is 29.3 Å². The number of ketones is 2. The van der Waals surface area contributed by atoms with Gasteiger partial charge in [-0.3, -0.25) is 19.4 Å². The molecule has 1 aromatic heterocycles. The molecule has 4 rings (SSSR count). The van der Waals surface area contributed by atoms with Gasteiger partial charge in [-0.05, 0) is 36.8 Å². The van der Waals surface area contributed by atoms with Crippen LogP contribution in [0.15, 0.2) is 30.5 Å². The summed E-state index contributed by atoms with van der Waals surface area (Å²) in [6.45, 7) is 4.29. The van der Waals surface area contributed by atoms with E-state index in [-0.39, 0.29) is 30.3 Å². The molecule has 1 aliphatic carbocycles. The first-order valence-corrected chi connectivity index (χ1v) is 10.1. The Balaban J connectivity index is 1.65. The predicted molar refractivity (Wildman–Crippen MR) is 112 cm³/mol. The van der Waals surface area contributed by atoms with Gasteiger partial charge in [0.05, 0.1) is 18.4 Å². The Labute approximate surface area is 180 Å². The largest absolute Gasteiger partial charge is 0.496 e. The lowest BCUT2D eigenvalue weighted by Gasteiger charge is -2.52. The third kappa shape index (κ3) is 3.59. The summed E-state index contributed by atoms with van der Waals surface area (Å²) in [4.78, 5) is 43.8. The Hall–Kier alpha value is -3.53. The molecule has 2 heterocycles. The number of pyridine rings is 1. The van der Waals surface area contributed by atoms with Gasteiger partial charge in [-0.2, -0.15) is 5.26 Å². The molecule has 2 fully saturated rings. The fourth-order valence-electron chi connectivity index (χ4n) is 4.80. The lowest BCUT2D eigenvalue weighted by atomic mass is 9.63. The number of rotatable bonds is 3. The van der Waals surface area contributed by atoms with Crippen molar-refractivity contribution in [1.29, 1.82) is 5.26 Å². The van der Waals surface area contributed by atoms with Crippen LogP contribution in [0.3, 0.4) is 0 Å². The van der Waals surface area contributed by atoms with Crippen molar-refractivity contribution in [2.24, 2.45) is 5.41 Å². The van der Waals surface area contributed by atoms with Crippen molar-refractivity contribution < 1.29 is 19.1 Å². The van der Waals surface area contributed by atoms with Gasteiger partial charge in [-0.1, -0.05) is 0 Å². The average Bonchev–Trinajstić information content (AvgIpc) is 2.72. The molecular formula is C24H23N3O4. The van der Waals surface area contributed by atoms with Crippen molar-refractivity contribution in [2.45, 2.75) is 32.6 Å². The third-order valence-corrected chi connectivity index (χ3v) is 6.29. The number of carbonyl (C=O) groups excluding carboxylic acids is 3. The first-order valence-electron chi connectivity index (χ1n) is 10.1. The van der Waals surface area contributed by atoms with Gasteiger partial charge in [-0.25, -0.2) is 0 Å². The molecule has 0 bridgehead atoms. The summed E-state index contributed by atoms with van der Waals surface area (Å²) in [6.07, 6.45) is 2.07. The van der Waals surface area contributed by atoms with Crippen molar-refractivity contribution in [2.75, 3.05) is 20.2 Å². The van der Waals surface area contributed by atoms with Gasteiger partial charge < -0.3 is 9.64 Å². The third-order valence-electron chi connectivity index (χ3n) is 6.29. The summed E-state index contributed by atoms with van der Waals surface area (Å²) < 4.78 is 5.59. The number of carbonyl (C=O) groups is 3. The van der Waals surface area contributed by atoms with Crippen LogP contribution in [0.1, 0.15) is 42.4 Å². The molecule has 2 aliphatic rings. The van der Waals surface area contributed by atoms with E-state index in [1.54, 1.807) is 23.1 Å². The summed E-state index contributed by atoms with van der Waals surface area (Å²) in [5.41, 5.74) is 2.89. The maximum Gasteiger partial charge on any atom is 0.219 e. The standard InChI is InChI=1S/C24H23N3O4/c1-14-6-17(18-5-4-16(10-25)11-26-18)7-21(31-3)22(14)23-19(29)8-24(9-20(23)30)12-27(13-24)15(2)28/h4-7,11,23H,8-9,12-13H2,1-3H3. The number of benzene rings is 1. The zero-order chi connectivity index (χ0) is 22.3. The molecule has 158 valence electrons. The normalized spacial score (nSPS) is 17.9. The second kappa shape index (κ2) is 7.62. The Morgan fingerprint density at radius 1 is 1.23 bits per heavy atom. The molecular weight excluding hydrogens is 394 g/mol. The van der Waals surface area contributed by atoms with Crippen LogP contribution >= 0.6 is 0 Å². The molecule has 2 aromatic rings. The van der Waals surface area contributed by atoms with Crippen LogP contribution in [0, 0.1) is 23.7 Å². The first kappa shape index (κ1) is 20.7. The summed E-state index contributed by atoms with van der Waals surface area (Å²) in [6, 6.07) is 9.15. The van der Waals surface area contributed by atoms with Crippen molar-refractivity contribution in [3.05, 3.63) is 47.2 Å². The molecule has 1 spiro atoms. The molecule has 7 heteroatoms. The van der Waals surface area contributed by atoms with Crippen LogP contribution in [0.5, 0.6) is 5.75 Å². The molecule has 7 nitrogen and oxygen atoms in total. The van der Waals surface area contributed by atoms with E-state index in [1.807, 2.05) is 19.1 Å². The number of nitrogens with zero attached hydrogens (tertiary/aromatic N) is 3. The van der Waals surface area contributed by atoms with Gasteiger partial charge in [0.25, 0.3) is 0 Å². The number of nitriles is 1. The smallest absolute Gasteiger partial charge is 0.219 e. The molecule has 1 saturated carbocycles. The lowest BCUT2D eigenvalue weighted by molar-refractivity contribution is -0.153. The van der Waals surface area contributed by atoms with E-state index in [9.17, 15) is 14.4 Å². The number of methoxy groups -OCH3 is 1. The minimum Gasteiger partial charge on any atom is -0.496 e. The molecule has 1 aromatic carbocycles. The maximum absolute atomic E-state index is 13.1. The van der Waals surface area contributed by atoms with E-state index in [0.29, 0.717) is 35.7 Å². The monoisotopic (exact) mass is 417 g/mol. The summed E-state index contributed by atoms with van der Waals surface area (Å²) >= 11 is 0. The Bertz CT molecular complexity index is 1100. The van der Waals surface area contributed by atoms with E-state index in [1.165, 1.54) is 20.2 Å². The highest BCUT2D eigenvalue weighted by Crippen LogP contribution is 2.47. The molecule has 0 unspecified atom stereocenters. The van der Waals surface area contributed by atoms with Crippen LogP contribution in [0.25, 0.3) is 11.3 Å². The molecule has 0 N–H and O–H groups in total. The molecule has 0 atom stereocenters. The van der Waals surface area contributed by atoms with E-state index >= 15 is 0 Å². The van der Waals surface area contributed by atoms with Crippen molar-refractivity contribution in [1.82, 2.24) is 9.88 Å². The summed E-state index contributed by atoms with van der Waals surface area (Å²) in [5, 5.41) is 8.96. The first-order chi connectivity index (χ1) is 14.8. The van der Waals surface area contributed by atoms with Crippen LogP contribution in [0.4, 0.5) is 0 Å². The second-order valence-corrected chi connectivity index (χ2v) is 8.55. The topological polar surface area (TPSA) is 100 Å². The summed E-state index contributed by atoms with van der Waals surface area (Å²) in [7, 11) is 1.52. The maximum atomic E-state index is 13.1. The van der Waals surface area contributed by atoms with Crippen molar-refractivity contribution in [3.8, 4) is 23.1 Å². The van der Waals surface area contributed by atoms with Gasteiger partial charge in [0, 0.05) is 55.6 Å². The van der Waals surface area contributed by atoms with Crippen LogP contribution in [-0.2, 0) is 14.4 Å². The molecule has 31 heavy (non-hydrogen) atoms. The number of hydrogen-bond acceptors (Lipinski definition) is 6. The number of Topliss-reactive ketones (excluding diaryl/α,β-unsaturated/α-hetero) is 2. The Kier molecular flexibility index (Phi) is 5.10. The number of aromatic nitrogens is 1. The van der Waals surface area contributed by atoms with Crippen molar-refractivity contribution in [3.63, 3.8) is 0 Å².